The first kappa shape index (κ1) is 16.9. The molecule has 1 aromatic rings. The highest BCUT2D eigenvalue weighted by Crippen LogP contribution is 2.28. The van der Waals surface area contributed by atoms with Crippen LogP contribution in [0.2, 0.25) is 0 Å². The third-order valence-electron chi connectivity index (χ3n) is 4.69. The molecule has 0 aromatic heterocycles. The number of benzene rings is 1. The van der Waals surface area contributed by atoms with Crippen LogP contribution in [-0.2, 0) is 21.4 Å². The number of methoxy groups -OCH3 is 1. The summed E-state index contributed by atoms with van der Waals surface area (Å²) in [6.45, 7) is 2.71. The van der Waals surface area contributed by atoms with Gasteiger partial charge in [-0.25, -0.2) is 8.42 Å². The molecule has 0 atom stereocenters. The monoisotopic (exact) mass is 338 g/mol. The van der Waals surface area contributed by atoms with Gasteiger partial charge in [0.15, 0.2) is 0 Å². The molecule has 0 bridgehead atoms. The number of nitrogens with zero attached hydrogens (tertiary/aromatic N) is 1. The van der Waals surface area contributed by atoms with E-state index in [4.69, 9.17) is 4.74 Å². The highest BCUT2D eigenvalue weighted by atomic mass is 32.2. The SMILES string of the molecule is COCc1cccc(S(=O)(=O)N2CCC(NCC3CC3)CC2)c1. The van der Waals surface area contributed by atoms with E-state index < -0.39 is 10.0 Å². The van der Waals surface area contributed by atoms with Gasteiger partial charge in [-0.05, 0) is 55.8 Å². The van der Waals surface area contributed by atoms with Gasteiger partial charge in [-0.3, -0.25) is 0 Å². The second-order valence-electron chi connectivity index (χ2n) is 6.61. The molecule has 2 aliphatic rings. The van der Waals surface area contributed by atoms with E-state index in [1.807, 2.05) is 6.07 Å². The summed E-state index contributed by atoms with van der Waals surface area (Å²) in [7, 11) is -1.78. The smallest absolute Gasteiger partial charge is 0.243 e. The van der Waals surface area contributed by atoms with Crippen molar-refractivity contribution < 1.29 is 13.2 Å². The zero-order valence-corrected chi connectivity index (χ0v) is 14.5. The molecule has 1 heterocycles. The number of nitrogens with one attached hydrogen (secondary N) is 1. The molecule has 1 N–H and O–H groups in total. The van der Waals surface area contributed by atoms with E-state index in [-0.39, 0.29) is 0 Å². The molecule has 0 spiro atoms. The first-order valence-corrected chi connectivity index (χ1v) is 9.85. The van der Waals surface area contributed by atoms with Crippen molar-refractivity contribution in [3.8, 4) is 0 Å². The van der Waals surface area contributed by atoms with Crippen LogP contribution in [0, 0.1) is 5.92 Å². The molecule has 0 amide bonds. The van der Waals surface area contributed by atoms with Crippen molar-refractivity contribution in [2.75, 3.05) is 26.7 Å². The third kappa shape index (κ3) is 4.32. The van der Waals surface area contributed by atoms with E-state index in [2.05, 4.69) is 5.32 Å². The summed E-state index contributed by atoms with van der Waals surface area (Å²) in [5.41, 5.74) is 0.884. The Morgan fingerprint density at radius 1 is 1.22 bits per heavy atom. The van der Waals surface area contributed by atoms with E-state index in [0.29, 0.717) is 30.6 Å². The van der Waals surface area contributed by atoms with E-state index in [9.17, 15) is 8.42 Å². The van der Waals surface area contributed by atoms with Crippen molar-refractivity contribution in [3.63, 3.8) is 0 Å². The molecule has 3 rings (SSSR count). The summed E-state index contributed by atoms with van der Waals surface area (Å²) in [6.07, 6.45) is 4.48. The van der Waals surface area contributed by atoms with Crippen LogP contribution >= 0.6 is 0 Å². The Balaban J connectivity index is 1.60. The topological polar surface area (TPSA) is 58.6 Å². The van der Waals surface area contributed by atoms with Crippen LogP contribution in [0.3, 0.4) is 0 Å². The van der Waals surface area contributed by atoms with Gasteiger partial charge < -0.3 is 10.1 Å². The molecule has 1 aromatic carbocycles. The Bertz CT molecular complexity index is 620. The highest BCUT2D eigenvalue weighted by Gasteiger charge is 2.30. The van der Waals surface area contributed by atoms with Crippen LogP contribution in [0.15, 0.2) is 29.2 Å². The maximum atomic E-state index is 12.8. The average Bonchev–Trinajstić information content (AvgIpc) is 3.38. The fourth-order valence-corrected chi connectivity index (χ4v) is 4.61. The molecule has 5 nitrogen and oxygen atoms in total. The first-order valence-electron chi connectivity index (χ1n) is 8.41. The van der Waals surface area contributed by atoms with Crippen molar-refractivity contribution in [2.45, 2.75) is 43.2 Å². The van der Waals surface area contributed by atoms with Crippen LogP contribution < -0.4 is 5.32 Å². The lowest BCUT2D eigenvalue weighted by Crippen LogP contribution is -2.45. The predicted molar refractivity (Wildman–Crippen MR) is 89.7 cm³/mol. The van der Waals surface area contributed by atoms with Gasteiger partial charge in [0.25, 0.3) is 0 Å². The first-order chi connectivity index (χ1) is 11.1. The zero-order chi connectivity index (χ0) is 16.3. The summed E-state index contributed by atoms with van der Waals surface area (Å²) in [5, 5.41) is 3.58. The fraction of sp³-hybridized carbons (Fsp3) is 0.647. The largest absolute Gasteiger partial charge is 0.380 e. The van der Waals surface area contributed by atoms with Crippen molar-refractivity contribution >= 4 is 10.0 Å². The summed E-state index contributed by atoms with van der Waals surface area (Å²) >= 11 is 0. The van der Waals surface area contributed by atoms with Gasteiger partial charge in [0, 0.05) is 26.2 Å². The molecule has 1 saturated heterocycles. The minimum absolute atomic E-state index is 0.372. The Kier molecular flexibility index (Phi) is 5.36. The predicted octanol–water partition coefficient (Wildman–Crippen LogP) is 1.99. The van der Waals surface area contributed by atoms with Gasteiger partial charge in [-0.1, -0.05) is 12.1 Å². The van der Waals surface area contributed by atoms with Crippen molar-refractivity contribution in [3.05, 3.63) is 29.8 Å². The molecule has 23 heavy (non-hydrogen) atoms. The van der Waals surface area contributed by atoms with Gasteiger partial charge in [0.2, 0.25) is 10.0 Å². The second-order valence-corrected chi connectivity index (χ2v) is 8.55. The van der Waals surface area contributed by atoms with Gasteiger partial charge in [0.05, 0.1) is 11.5 Å². The Morgan fingerprint density at radius 2 is 1.96 bits per heavy atom. The second kappa shape index (κ2) is 7.30. The van der Waals surface area contributed by atoms with Crippen LogP contribution in [0.1, 0.15) is 31.2 Å². The maximum Gasteiger partial charge on any atom is 0.243 e. The molecule has 0 radical (unpaired) electrons. The van der Waals surface area contributed by atoms with Crippen LogP contribution in [-0.4, -0.2) is 45.5 Å². The number of hydrogen-bond acceptors (Lipinski definition) is 4. The normalized spacial score (nSPS) is 20.7. The number of rotatable bonds is 7. The molecule has 128 valence electrons. The third-order valence-corrected chi connectivity index (χ3v) is 6.59. The summed E-state index contributed by atoms with van der Waals surface area (Å²) < 4.78 is 32.3. The molecule has 2 fully saturated rings. The Morgan fingerprint density at radius 3 is 2.61 bits per heavy atom. The van der Waals surface area contributed by atoms with Crippen molar-refractivity contribution in [1.29, 1.82) is 0 Å². The van der Waals surface area contributed by atoms with E-state index in [0.717, 1.165) is 30.9 Å². The molecule has 1 aliphatic heterocycles. The molecule has 1 aliphatic carbocycles. The lowest BCUT2D eigenvalue weighted by molar-refractivity contribution is 0.184. The number of ether oxygens (including phenoxy) is 1. The van der Waals surface area contributed by atoms with Crippen LogP contribution in [0.5, 0.6) is 0 Å². The number of sulfonamides is 1. The quantitative estimate of drug-likeness (QED) is 0.826. The van der Waals surface area contributed by atoms with Crippen LogP contribution in [0.4, 0.5) is 0 Å². The zero-order valence-electron chi connectivity index (χ0n) is 13.7. The minimum atomic E-state index is -3.40. The van der Waals surface area contributed by atoms with Crippen LogP contribution in [0.25, 0.3) is 0 Å². The number of piperidine rings is 1. The number of hydrogen-bond donors (Lipinski definition) is 1. The standard InChI is InChI=1S/C17H26N2O3S/c1-22-13-15-3-2-4-17(11-15)23(20,21)19-9-7-16(8-10-19)18-12-14-5-6-14/h2-4,11,14,16,18H,5-10,12-13H2,1H3. The maximum absolute atomic E-state index is 12.8. The molecule has 1 saturated carbocycles. The lowest BCUT2D eigenvalue weighted by Gasteiger charge is -2.31. The molecular weight excluding hydrogens is 312 g/mol. The van der Waals surface area contributed by atoms with Crippen molar-refractivity contribution in [2.24, 2.45) is 5.92 Å². The average molecular weight is 338 g/mol. The molecular formula is C17H26N2O3S. The highest BCUT2D eigenvalue weighted by molar-refractivity contribution is 7.89. The van der Waals surface area contributed by atoms with E-state index >= 15 is 0 Å². The fourth-order valence-electron chi connectivity index (χ4n) is 3.07. The summed E-state index contributed by atoms with van der Waals surface area (Å²) in [6, 6.07) is 7.52. The minimum Gasteiger partial charge on any atom is -0.380 e. The molecule has 6 heteroatoms. The summed E-state index contributed by atoms with van der Waals surface area (Å²) in [5.74, 6) is 0.861. The lowest BCUT2D eigenvalue weighted by atomic mass is 10.1. The van der Waals surface area contributed by atoms with E-state index in [1.165, 1.54) is 12.8 Å². The van der Waals surface area contributed by atoms with Gasteiger partial charge in [-0.15, -0.1) is 0 Å². The van der Waals surface area contributed by atoms with Gasteiger partial charge >= 0.3 is 0 Å². The molecule has 0 unspecified atom stereocenters. The Hall–Kier alpha value is -0.950. The van der Waals surface area contributed by atoms with Gasteiger partial charge in [-0.2, -0.15) is 4.31 Å². The van der Waals surface area contributed by atoms with Gasteiger partial charge in [0.1, 0.15) is 0 Å². The Labute approximate surface area is 139 Å². The van der Waals surface area contributed by atoms with Crippen molar-refractivity contribution in [1.82, 2.24) is 9.62 Å². The van der Waals surface area contributed by atoms with E-state index in [1.54, 1.807) is 29.6 Å². The summed E-state index contributed by atoms with van der Waals surface area (Å²) in [4.78, 5) is 0.372.